The highest BCUT2D eigenvalue weighted by molar-refractivity contribution is 6.20. The summed E-state index contributed by atoms with van der Waals surface area (Å²) in [6.07, 6.45) is 3.92. The molecule has 0 amide bonds. The Hall–Kier alpha value is 0.0200. The number of allylic oxidation sites excluding steroid dienone is 2. The van der Waals surface area contributed by atoms with Gasteiger partial charge in [-0.3, -0.25) is 0 Å². The Morgan fingerprint density at radius 3 is 2.50 bits per heavy atom. The van der Waals surface area contributed by atoms with Crippen LogP contribution in [0.2, 0.25) is 0 Å². The van der Waals surface area contributed by atoms with Crippen LogP contribution in [0.5, 0.6) is 0 Å². The second-order valence-corrected chi connectivity index (χ2v) is 3.84. The van der Waals surface area contributed by atoms with Crippen LogP contribution >= 0.6 is 23.2 Å². The number of ether oxygens (including phenoxy) is 1. The molecule has 0 aromatic carbocycles. The van der Waals surface area contributed by atoms with Crippen molar-refractivity contribution in [1.82, 2.24) is 0 Å². The molecule has 82 valence electrons. The first-order chi connectivity index (χ1) is 6.65. The summed E-state index contributed by atoms with van der Waals surface area (Å²) in [5, 5.41) is 0. The lowest BCUT2D eigenvalue weighted by Gasteiger charge is -2.15. The Bertz CT molecular complexity index is 199. The summed E-state index contributed by atoms with van der Waals surface area (Å²) in [4.78, 5) is 0. The minimum absolute atomic E-state index is 0.122. The van der Waals surface area contributed by atoms with Crippen LogP contribution in [-0.4, -0.2) is 25.0 Å². The van der Waals surface area contributed by atoms with E-state index in [1.165, 1.54) is 5.57 Å². The third-order valence-electron chi connectivity index (χ3n) is 2.10. The molecule has 3 heteroatoms. The molecule has 14 heavy (non-hydrogen) atoms. The van der Waals surface area contributed by atoms with Crippen molar-refractivity contribution in [3.05, 3.63) is 23.8 Å². The van der Waals surface area contributed by atoms with Gasteiger partial charge in [0.15, 0.2) is 0 Å². The first kappa shape index (κ1) is 14.0. The van der Waals surface area contributed by atoms with E-state index in [1.54, 1.807) is 7.11 Å². The highest BCUT2D eigenvalue weighted by Crippen LogP contribution is 2.15. The minimum Gasteiger partial charge on any atom is -0.377 e. The van der Waals surface area contributed by atoms with Crippen LogP contribution in [0, 0.1) is 0 Å². The van der Waals surface area contributed by atoms with Crippen molar-refractivity contribution in [2.75, 3.05) is 18.9 Å². The molecule has 0 aliphatic carbocycles. The van der Waals surface area contributed by atoms with Gasteiger partial charge in [-0.15, -0.1) is 23.2 Å². The van der Waals surface area contributed by atoms with Crippen LogP contribution in [0.4, 0.5) is 0 Å². The number of hydrogen-bond acceptors (Lipinski definition) is 1. The Morgan fingerprint density at radius 1 is 1.50 bits per heavy atom. The summed E-state index contributed by atoms with van der Waals surface area (Å²) >= 11 is 11.4. The Morgan fingerprint density at radius 2 is 2.14 bits per heavy atom. The molecular formula is C11H18Cl2O. The van der Waals surface area contributed by atoms with Crippen molar-refractivity contribution in [3.63, 3.8) is 0 Å². The Labute approximate surface area is 96.7 Å². The van der Waals surface area contributed by atoms with E-state index in [0.29, 0.717) is 11.8 Å². The molecule has 0 spiro atoms. The molecule has 0 saturated carbocycles. The number of rotatable bonds is 7. The van der Waals surface area contributed by atoms with E-state index in [2.05, 4.69) is 6.58 Å². The van der Waals surface area contributed by atoms with Crippen LogP contribution in [0.1, 0.15) is 19.8 Å². The average molecular weight is 237 g/mol. The topological polar surface area (TPSA) is 9.23 Å². The highest BCUT2D eigenvalue weighted by atomic mass is 35.5. The van der Waals surface area contributed by atoms with Gasteiger partial charge in [0.25, 0.3) is 0 Å². The molecule has 1 nitrogen and oxygen atoms in total. The van der Waals surface area contributed by atoms with Crippen molar-refractivity contribution < 1.29 is 4.74 Å². The van der Waals surface area contributed by atoms with Crippen molar-refractivity contribution in [3.8, 4) is 0 Å². The van der Waals surface area contributed by atoms with Crippen molar-refractivity contribution in [2.45, 2.75) is 25.9 Å². The standard InChI is InChI=1S/C11H18Cl2O/c1-9(2)11(14-3)5-4-10(8-13)6-7-12/h6,11H,1,4-5,7-8H2,2-3H3/b10-6-. The molecule has 0 aliphatic heterocycles. The lowest BCUT2D eigenvalue weighted by Crippen LogP contribution is -2.11. The summed E-state index contributed by atoms with van der Waals surface area (Å²) in [5.74, 6) is 1.06. The molecule has 0 aromatic heterocycles. The second kappa shape index (κ2) is 8.34. The van der Waals surface area contributed by atoms with Gasteiger partial charge in [-0.2, -0.15) is 0 Å². The quantitative estimate of drug-likeness (QED) is 0.484. The number of hydrogen-bond donors (Lipinski definition) is 0. The zero-order valence-corrected chi connectivity index (χ0v) is 10.4. The fourth-order valence-corrected chi connectivity index (χ4v) is 1.68. The fraction of sp³-hybridized carbons (Fsp3) is 0.636. The van der Waals surface area contributed by atoms with E-state index in [9.17, 15) is 0 Å². The number of halogens is 2. The van der Waals surface area contributed by atoms with Crippen molar-refractivity contribution in [2.24, 2.45) is 0 Å². The lowest BCUT2D eigenvalue weighted by molar-refractivity contribution is 0.125. The van der Waals surface area contributed by atoms with Crippen molar-refractivity contribution >= 4 is 23.2 Å². The second-order valence-electron chi connectivity index (χ2n) is 3.26. The normalized spacial score (nSPS) is 14.1. The molecule has 0 fully saturated rings. The van der Waals surface area contributed by atoms with Crippen LogP contribution < -0.4 is 0 Å². The molecule has 0 aromatic rings. The average Bonchev–Trinajstić information content (AvgIpc) is 2.16. The van der Waals surface area contributed by atoms with Gasteiger partial charge in [0.05, 0.1) is 6.10 Å². The SMILES string of the molecule is C=C(C)C(CC/C(=C/CCl)CCl)OC. The summed E-state index contributed by atoms with van der Waals surface area (Å²) < 4.78 is 5.28. The van der Waals surface area contributed by atoms with E-state index < -0.39 is 0 Å². The molecular weight excluding hydrogens is 219 g/mol. The van der Waals surface area contributed by atoms with Crippen LogP contribution in [0.15, 0.2) is 23.8 Å². The van der Waals surface area contributed by atoms with Crippen molar-refractivity contribution in [1.29, 1.82) is 0 Å². The molecule has 0 bridgehead atoms. The van der Waals surface area contributed by atoms with Gasteiger partial charge in [0, 0.05) is 18.9 Å². The van der Waals surface area contributed by atoms with Gasteiger partial charge in [-0.05, 0) is 19.8 Å². The monoisotopic (exact) mass is 236 g/mol. The number of alkyl halides is 2. The van der Waals surface area contributed by atoms with Crippen LogP contribution in [0.3, 0.4) is 0 Å². The van der Waals surface area contributed by atoms with Gasteiger partial charge >= 0.3 is 0 Å². The maximum absolute atomic E-state index is 5.76. The molecule has 0 heterocycles. The van der Waals surface area contributed by atoms with E-state index in [4.69, 9.17) is 27.9 Å². The largest absolute Gasteiger partial charge is 0.377 e. The lowest BCUT2D eigenvalue weighted by atomic mass is 10.0. The van der Waals surface area contributed by atoms with E-state index >= 15 is 0 Å². The maximum atomic E-state index is 5.76. The predicted molar refractivity (Wildman–Crippen MR) is 64.4 cm³/mol. The third kappa shape index (κ3) is 5.69. The zero-order chi connectivity index (χ0) is 11.0. The first-order valence-corrected chi connectivity index (χ1v) is 5.70. The van der Waals surface area contributed by atoms with Gasteiger partial charge in [0.1, 0.15) is 0 Å². The third-order valence-corrected chi connectivity index (χ3v) is 2.60. The maximum Gasteiger partial charge on any atom is 0.0779 e. The molecule has 1 atom stereocenters. The number of methoxy groups -OCH3 is 1. The van der Waals surface area contributed by atoms with Gasteiger partial charge in [0.2, 0.25) is 0 Å². The van der Waals surface area contributed by atoms with E-state index in [1.807, 2.05) is 13.0 Å². The first-order valence-electron chi connectivity index (χ1n) is 4.63. The van der Waals surface area contributed by atoms with Crippen LogP contribution in [-0.2, 0) is 4.74 Å². The molecule has 0 N–H and O–H groups in total. The summed E-state index contributed by atoms with van der Waals surface area (Å²) in [7, 11) is 1.70. The van der Waals surface area contributed by atoms with Gasteiger partial charge in [-0.25, -0.2) is 0 Å². The van der Waals surface area contributed by atoms with Gasteiger partial charge in [-0.1, -0.05) is 23.8 Å². The summed E-state index contributed by atoms with van der Waals surface area (Å²) in [5.41, 5.74) is 2.22. The summed E-state index contributed by atoms with van der Waals surface area (Å²) in [6, 6.07) is 0. The summed E-state index contributed by atoms with van der Waals surface area (Å²) in [6.45, 7) is 5.84. The Balaban J connectivity index is 4.00. The smallest absolute Gasteiger partial charge is 0.0779 e. The minimum atomic E-state index is 0.122. The van der Waals surface area contributed by atoms with E-state index in [-0.39, 0.29) is 6.10 Å². The molecule has 0 radical (unpaired) electrons. The molecule has 1 unspecified atom stereocenters. The fourth-order valence-electron chi connectivity index (χ4n) is 1.21. The van der Waals surface area contributed by atoms with E-state index in [0.717, 1.165) is 18.4 Å². The predicted octanol–water partition coefficient (Wildman–Crippen LogP) is 3.76. The van der Waals surface area contributed by atoms with Gasteiger partial charge < -0.3 is 4.74 Å². The molecule has 0 aliphatic rings. The highest BCUT2D eigenvalue weighted by Gasteiger charge is 2.08. The molecule has 0 rings (SSSR count). The Kier molecular flexibility index (Phi) is 8.35. The van der Waals surface area contributed by atoms with Crippen LogP contribution in [0.25, 0.3) is 0 Å². The molecule has 0 saturated heterocycles. The zero-order valence-electron chi connectivity index (χ0n) is 8.85.